The Balaban J connectivity index is 1.30. The normalized spacial score (nSPS) is 11.5. The van der Waals surface area contributed by atoms with Crippen molar-refractivity contribution in [2.75, 3.05) is 0 Å². The molecule has 9 rings (SSSR count). The second kappa shape index (κ2) is 10.3. The van der Waals surface area contributed by atoms with Crippen LogP contribution in [0, 0.1) is 11.3 Å². The molecule has 4 nitrogen and oxygen atoms in total. The second-order valence-corrected chi connectivity index (χ2v) is 11.6. The van der Waals surface area contributed by atoms with Gasteiger partial charge in [0.25, 0.3) is 0 Å². The SMILES string of the molecule is N#Cc1ccncc1-c1cccc(-c2cccc(-n3c4ccccc4c4c3ccc3c5ccccc5n(-c5ccccc5)c34)c2)c1. The molecule has 0 unspecified atom stereocenters. The van der Waals surface area contributed by atoms with Crippen LogP contribution in [0.3, 0.4) is 0 Å². The van der Waals surface area contributed by atoms with Gasteiger partial charge in [-0.05, 0) is 71.3 Å². The number of nitriles is 1. The Morgan fingerprint density at radius 2 is 1.17 bits per heavy atom. The molecule has 6 aromatic carbocycles. The van der Waals surface area contributed by atoms with Gasteiger partial charge in [0.05, 0.1) is 33.7 Å². The number of aromatic nitrogens is 3. The predicted molar refractivity (Wildman–Crippen MR) is 189 cm³/mol. The molecule has 0 bridgehead atoms. The van der Waals surface area contributed by atoms with Crippen LogP contribution >= 0.6 is 0 Å². The van der Waals surface area contributed by atoms with Gasteiger partial charge in [0.1, 0.15) is 0 Å². The van der Waals surface area contributed by atoms with Crippen molar-refractivity contribution in [2.24, 2.45) is 0 Å². The summed E-state index contributed by atoms with van der Waals surface area (Å²) in [5.74, 6) is 0. The van der Waals surface area contributed by atoms with Crippen molar-refractivity contribution in [3.05, 3.63) is 164 Å². The van der Waals surface area contributed by atoms with Gasteiger partial charge in [-0.2, -0.15) is 5.26 Å². The van der Waals surface area contributed by atoms with Gasteiger partial charge < -0.3 is 9.13 Å². The standard InChI is InChI=1S/C42H26N4/c43-26-31-22-23-44-27-37(31)30-12-8-10-28(24-30)29-11-9-15-33(25-29)45-39-19-7-5-17-36(39)41-40(45)21-20-35-34-16-4-6-18-38(34)46(42(35)41)32-13-2-1-3-14-32/h1-25,27H. The largest absolute Gasteiger partial charge is 0.309 e. The van der Waals surface area contributed by atoms with Crippen molar-refractivity contribution in [1.82, 2.24) is 14.1 Å². The molecular weight excluding hydrogens is 560 g/mol. The molecule has 0 radical (unpaired) electrons. The summed E-state index contributed by atoms with van der Waals surface area (Å²) >= 11 is 0. The summed E-state index contributed by atoms with van der Waals surface area (Å²) in [5, 5.41) is 14.6. The van der Waals surface area contributed by atoms with Crippen LogP contribution in [0.5, 0.6) is 0 Å². The van der Waals surface area contributed by atoms with Gasteiger partial charge in [-0.25, -0.2) is 0 Å². The zero-order valence-electron chi connectivity index (χ0n) is 24.8. The van der Waals surface area contributed by atoms with Crippen molar-refractivity contribution >= 4 is 43.6 Å². The van der Waals surface area contributed by atoms with Crippen molar-refractivity contribution < 1.29 is 0 Å². The Hall–Kier alpha value is -6.44. The first kappa shape index (κ1) is 26.0. The number of pyridine rings is 1. The highest BCUT2D eigenvalue weighted by Crippen LogP contribution is 2.42. The molecule has 0 saturated carbocycles. The molecule has 4 heteroatoms. The van der Waals surface area contributed by atoms with Crippen LogP contribution in [0.25, 0.3) is 77.2 Å². The van der Waals surface area contributed by atoms with Gasteiger partial charge in [-0.3, -0.25) is 4.98 Å². The van der Waals surface area contributed by atoms with Crippen LogP contribution in [0.2, 0.25) is 0 Å². The van der Waals surface area contributed by atoms with E-state index in [2.05, 4.69) is 148 Å². The Labute approximate surface area is 265 Å². The first-order valence-electron chi connectivity index (χ1n) is 15.4. The first-order chi connectivity index (χ1) is 22.8. The third-order valence-electron chi connectivity index (χ3n) is 9.04. The fourth-order valence-corrected chi connectivity index (χ4v) is 7.04. The lowest BCUT2D eigenvalue weighted by Crippen LogP contribution is -1.95. The van der Waals surface area contributed by atoms with E-state index in [4.69, 9.17) is 0 Å². The number of fused-ring (bicyclic) bond motifs is 7. The van der Waals surface area contributed by atoms with Gasteiger partial charge in [-0.15, -0.1) is 0 Å². The molecule has 0 N–H and O–H groups in total. The van der Waals surface area contributed by atoms with E-state index in [0.29, 0.717) is 5.56 Å². The average molecular weight is 587 g/mol. The third kappa shape index (κ3) is 3.89. The lowest BCUT2D eigenvalue weighted by atomic mass is 9.97. The lowest BCUT2D eigenvalue weighted by molar-refractivity contribution is 1.17. The quantitative estimate of drug-likeness (QED) is 0.206. The summed E-state index contributed by atoms with van der Waals surface area (Å²) in [4.78, 5) is 4.28. The fraction of sp³-hybridized carbons (Fsp3) is 0. The van der Waals surface area contributed by atoms with E-state index in [-0.39, 0.29) is 0 Å². The van der Waals surface area contributed by atoms with E-state index in [1.807, 2.05) is 12.1 Å². The molecule has 0 aliphatic heterocycles. The Bertz CT molecular complexity index is 2650. The van der Waals surface area contributed by atoms with Crippen molar-refractivity contribution in [3.8, 4) is 39.7 Å². The van der Waals surface area contributed by atoms with Crippen LogP contribution < -0.4 is 0 Å². The van der Waals surface area contributed by atoms with E-state index in [1.165, 1.54) is 32.6 Å². The molecule has 0 atom stereocenters. The number of hydrogen-bond acceptors (Lipinski definition) is 2. The molecule has 0 aliphatic carbocycles. The maximum absolute atomic E-state index is 9.69. The second-order valence-electron chi connectivity index (χ2n) is 11.6. The maximum atomic E-state index is 9.69. The molecule has 0 fully saturated rings. The molecule has 0 aliphatic rings. The smallest absolute Gasteiger partial charge is 0.0999 e. The molecule has 46 heavy (non-hydrogen) atoms. The Morgan fingerprint density at radius 1 is 0.500 bits per heavy atom. The van der Waals surface area contributed by atoms with Gasteiger partial charge in [-0.1, -0.05) is 91.0 Å². The van der Waals surface area contributed by atoms with Crippen LogP contribution in [0.1, 0.15) is 5.56 Å². The molecule has 3 heterocycles. The highest BCUT2D eigenvalue weighted by Gasteiger charge is 2.20. The van der Waals surface area contributed by atoms with Crippen LogP contribution in [-0.2, 0) is 0 Å². The highest BCUT2D eigenvalue weighted by molar-refractivity contribution is 6.26. The Kier molecular flexibility index (Phi) is 5.84. The zero-order chi connectivity index (χ0) is 30.6. The van der Waals surface area contributed by atoms with Crippen LogP contribution in [0.4, 0.5) is 0 Å². The minimum absolute atomic E-state index is 0.616. The first-order valence-corrected chi connectivity index (χ1v) is 15.4. The topological polar surface area (TPSA) is 46.5 Å². The molecule has 9 aromatic rings. The molecule has 0 amide bonds. The molecule has 0 saturated heterocycles. The van der Waals surface area contributed by atoms with Crippen molar-refractivity contribution in [1.29, 1.82) is 5.26 Å². The van der Waals surface area contributed by atoms with E-state index >= 15 is 0 Å². The van der Waals surface area contributed by atoms with Gasteiger partial charge in [0, 0.05) is 50.9 Å². The monoisotopic (exact) mass is 586 g/mol. The molecule has 214 valence electrons. The van der Waals surface area contributed by atoms with E-state index in [9.17, 15) is 5.26 Å². The molecular formula is C42H26N4. The van der Waals surface area contributed by atoms with Gasteiger partial charge >= 0.3 is 0 Å². The van der Waals surface area contributed by atoms with Gasteiger partial charge in [0.15, 0.2) is 0 Å². The van der Waals surface area contributed by atoms with Crippen LogP contribution in [-0.4, -0.2) is 14.1 Å². The van der Waals surface area contributed by atoms with E-state index in [1.54, 1.807) is 18.5 Å². The van der Waals surface area contributed by atoms with E-state index in [0.717, 1.165) is 44.7 Å². The average Bonchev–Trinajstić information content (AvgIpc) is 3.65. The summed E-state index contributed by atoms with van der Waals surface area (Å²) in [6.45, 7) is 0. The third-order valence-corrected chi connectivity index (χ3v) is 9.04. The van der Waals surface area contributed by atoms with Crippen LogP contribution in [0.15, 0.2) is 158 Å². The van der Waals surface area contributed by atoms with E-state index < -0.39 is 0 Å². The summed E-state index contributed by atoms with van der Waals surface area (Å²) < 4.78 is 4.80. The van der Waals surface area contributed by atoms with Crippen molar-refractivity contribution in [2.45, 2.75) is 0 Å². The minimum Gasteiger partial charge on any atom is -0.309 e. The highest BCUT2D eigenvalue weighted by atomic mass is 15.0. The number of benzene rings is 6. The minimum atomic E-state index is 0.616. The number of para-hydroxylation sites is 3. The number of rotatable bonds is 4. The number of nitrogens with zero attached hydrogens (tertiary/aromatic N) is 4. The summed E-state index contributed by atoms with van der Waals surface area (Å²) in [6.07, 6.45) is 3.43. The zero-order valence-corrected chi connectivity index (χ0v) is 24.8. The lowest BCUT2D eigenvalue weighted by Gasteiger charge is -2.12. The summed E-state index contributed by atoms with van der Waals surface area (Å²) in [6, 6.07) is 53.8. The number of hydrogen-bond donors (Lipinski definition) is 0. The van der Waals surface area contributed by atoms with Crippen molar-refractivity contribution in [3.63, 3.8) is 0 Å². The maximum Gasteiger partial charge on any atom is 0.0999 e. The Morgan fingerprint density at radius 3 is 2.00 bits per heavy atom. The molecule has 3 aromatic heterocycles. The fourth-order valence-electron chi connectivity index (χ4n) is 7.04. The summed E-state index contributed by atoms with van der Waals surface area (Å²) in [7, 11) is 0. The predicted octanol–water partition coefficient (Wildman–Crippen LogP) is 10.5. The summed E-state index contributed by atoms with van der Waals surface area (Å²) in [5.41, 5.74) is 11.6. The molecule has 0 spiro atoms. The van der Waals surface area contributed by atoms with Gasteiger partial charge in [0.2, 0.25) is 0 Å².